The Kier molecular flexibility index (Phi) is 17.7. The van der Waals surface area contributed by atoms with E-state index >= 15 is 0 Å². The lowest BCUT2D eigenvalue weighted by molar-refractivity contribution is -0.384. The molecular formula is C23H40Cl2N6O5. The molecule has 0 fully saturated rings. The minimum Gasteiger partial charge on any atom is -0.343 e. The van der Waals surface area contributed by atoms with Crippen LogP contribution < -0.4 is 27.4 Å². The highest BCUT2D eigenvalue weighted by Crippen LogP contribution is 2.16. The van der Waals surface area contributed by atoms with E-state index in [4.69, 9.17) is 11.5 Å². The van der Waals surface area contributed by atoms with E-state index in [0.717, 1.165) is 0 Å². The minimum absolute atomic E-state index is 0. The second-order valence-electron chi connectivity index (χ2n) is 9.10. The Balaban J connectivity index is 0. The number of nitrogens with two attached hydrogens (primary N) is 2. The lowest BCUT2D eigenvalue weighted by Gasteiger charge is -2.26. The van der Waals surface area contributed by atoms with E-state index in [1.165, 1.54) is 24.3 Å². The number of carbonyl (C=O) groups excluding carboxylic acids is 3. The van der Waals surface area contributed by atoms with Gasteiger partial charge in [0.25, 0.3) is 5.69 Å². The average molecular weight is 552 g/mol. The molecule has 1 aromatic carbocycles. The molecule has 3 amide bonds. The molecule has 0 bridgehead atoms. The number of benzene rings is 1. The maximum atomic E-state index is 13.1. The summed E-state index contributed by atoms with van der Waals surface area (Å²) in [5, 5.41) is 19.0. The Bertz CT molecular complexity index is 839. The number of nitrogens with zero attached hydrogens (tertiary/aromatic N) is 1. The van der Waals surface area contributed by atoms with Crippen molar-refractivity contribution in [3.05, 3.63) is 34.4 Å². The van der Waals surface area contributed by atoms with Crippen LogP contribution >= 0.6 is 24.8 Å². The Morgan fingerprint density at radius 3 is 1.94 bits per heavy atom. The van der Waals surface area contributed by atoms with Crippen LogP contribution in [0.5, 0.6) is 0 Å². The van der Waals surface area contributed by atoms with Gasteiger partial charge in [-0.2, -0.15) is 0 Å². The van der Waals surface area contributed by atoms with Gasteiger partial charge in [-0.1, -0.05) is 27.7 Å². The molecule has 1 aromatic rings. The predicted octanol–water partition coefficient (Wildman–Crippen LogP) is 2.50. The summed E-state index contributed by atoms with van der Waals surface area (Å²) in [5.74, 6) is -1.36. The molecule has 7 N–H and O–H groups in total. The fourth-order valence-corrected chi connectivity index (χ4v) is 3.20. The van der Waals surface area contributed by atoms with Crippen molar-refractivity contribution in [1.29, 1.82) is 0 Å². The third kappa shape index (κ3) is 12.5. The summed E-state index contributed by atoms with van der Waals surface area (Å²) >= 11 is 0. The molecule has 0 saturated heterocycles. The van der Waals surface area contributed by atoms with Crippen molar-refractivity contribution in [2.45, 2.75) is 71.5 Å². The van der Waals surface area contributed by atoms with Gasteiger partial charge in [0.15, 0.2) is 0 Å². The smallest absolute Gasteiger partial charge is 0.269 e. The molecule has 0 aromatic heterocycles. The molecule has 206 valence electrons. The lowest BCUT2D eigenvalue weighted by Crippen LogP contribution is -2.56. The number of unbranched alkanes of at least 4 members (excludes halogenated alkanes) is 1. The third-order valence-electron chi connectivity index (χ3n) is 5.29. The summed E-state index contributed by atoms with van der Waals surface area (Å²) in [7, 11) is 0. The molecule has 0 heterocycles. The van der Waals surface area contributed by atoms with E-state index in [0.29, 0.717) is 37.9 Å². The van der Waals surface area contributed by atoms with Crippen molar-refractivity contribution in [3.8, 4) is 0 Å². The number of anilines is 1. The molecular weight excluding hydrogens is 511 g/mol. The number of hydrogen-bond donors (Lipinski definition) is 5. The molecule has 0 aliphatic rings. The highest BCUT2D eigenvalue weighted by Gasteiger charge is 2.29. The van der Waals surface area contributed by atoms with E-state index in [1.54, 1.807) is 0 Å². The molecule has 1 rings (SSSR count). The first-order valence-corrected chi connectivity index (χ1v) is 11.6. The topological polar surface area (TPSA) is 182 Å². The minimum atomic E-state index is -0.875. The van der Waals surface area contributed by atoms with Crippen LogP contribution in [0.2, 0.25) is 0 Å². The van der Waals surface area contributed by atoms with Crippen LogP contribution in [0.15, 0.2) is 24.3 Å². The van der Waals surface area contributed by atoms with Gasteiger partial charge >= 0.3 is 0 Å². The fraction of sp³-hybridized carbons (Fsp3) is 0.609. The van der Waals surface area contributed by atoms with Gasteiger partial charge < -0.3 is 27.4 Å². The normalized spacial score (nSPS) is 13.0. The van der Waals surface area contributed by atoms with Gasteiger partial charge in [0, 0.05) is 17.8 Å². The van der Waals surface area contributed by atoms with Crippen molar-refractivity contribution in [3.63, 3.8) is 0 Å². The van der Waals surface area contributed by atoms with Crippen LogP contribution in [0.3, 0.4) is 0 Å². The molecule has 0 unspecified atom stereocenters. The van der Waals surface area contributed by atoms with Gasteiger partial charge in [-0.25, -0.2) is 0 Å². The van der Waals surface area contributed by atoms with Crippen LogP contribution in [0, 0.1) is 22.0 Å². The zero-order chi connectivity index (χ0) is 25.8. The molecule has 0 saturated carbocycles. The summed E-state index contributed by atoms with van der Waals surface area (Å²) in [5.41, 5.74) is 11.8. The summed E-state index contributed by atoms with van der Waals surface area (Å²) in [4.78, 5) is 48.8. The maximum absolute atomic E-state index is 13.1. The standard InChI is InChI=1S/C23H38N6O5.2ClH/c1-14(2)13-19(28-23(32)20(25)15(3)4)22(31)27-18(7-5-6-12-24)21(30)26-16-8-10-17(11-9-16)29(33)34;;/h8-11,14-15,18-20H,5-7,12-13,24-25H2,1-4H3,(H,26,30)(H,27,31)(H,28,32);2*1H/t18-,19-,20-;;/m0../s1. The Labute approximate surface area is 224 Å². The number of non-ortho nitro benzene ring substituents is 1. The van der Waals surface area contributed by atoms with Gasteiger partial charge in [-0.05, 0) is 56.2 Å². The van der Waals surface area contributed by atoms with Gasteiger partial charge in [-0.3, -0.25) is 24.5 Å². The molecule has 36 heavy (non-hydrogen) atoms. The highest BCUT2D eigenvalue weighted by atomic mass is 35.5. The number of carbonyl (C=O) groups is 3. The first-order chi connectivity index (χ1) is 16.0. The van der Waals surface area contributed by atoms with E-state index in [2.05, 4.69) is 16.0 Å². The average Bonchev–Trinajstić information content (AvgIpc) is 2.77. The van der Waals surface area contributed by atoms with Crippen molar-refractivity contribution in [2.75, 3.05) is 11.9 Å². The van der Waals surface area contributed by atoms with Crippen molar-refractivity contribution >= 4 is 53.9 Å². The predicted molar refractivity (Wildman–Crippen MR) is 145 cm³/mol. The van der Waals surface area contributed by atoms with Gasteiger partial charge in [0.2, 0.25) is 17.7 Å². The number of nitrogens with one attached hydrogen (secondary N) is 3. The third-order valence-corrected chi connectivity index (χ3v) is 5.29. The van der Waals surface area contributed by atoms with Crippen LogP contribution in [-0.4, -0.2) is 47.3 Å². The van der Waals surface area contributed by atoms with Crippen LogP contribution in [0.25, 0.3) is 0 Å². The first kappa shape index (κ1) is 35.7. The van der Waals surface area contributed by atoms with Gasteiger partial charge in [0.05, 0.1) is 11.0 Å². The molecule has 0 spiro atoms. The quantitative estimate of drug-likeness (QED) is 0.134. The molecule has 13 heteroatoms. The summed E-state index contributed by atoms with van der Waals surface area (Å²) in [6, 6.07) is 2.93. The second-order valence-corrected chi connectivity index (χ2v) is 9.10. The maximum Gasteiger partial charge on any atom is 0.269 e. The van der Waals surface area contributed by atoms with Gasteiger partial charge in [-0.15, -0.1) is 24.8 Å². The Hall–Kier alpha value is -2.47. The number of nitro benzene ring substituents is 1. The number of nitro groups is 1. The molecule has 0 radical (unpaired) electrons. The molecule has 11 nitrogen and oxygen atoms in total. The SMILES string of the molecule is CC(C)C[C@H](NC(=O)[C@@H](N)C(C)C)C(=O)N[C@@H](CCCCN)C(=O)Nc1ccc([N+](=O)[O-])cc1.Cl.Cl. The van der Waals surface area contributed by atoms with Crippen molar-refractivity contribution in [1.82, 2.24) is 10.6 Å². The van der Waals surface area contributed by atoms with E-state index in [9.17, 15) is 24.5 Å². The lowest BCUT2D eigenvalue weighted by atomic mass is 10.00. The first-order valence-electron chi connectivity index (χ1n) is 11.6. The van der Waals surface area contributed by atoms with E-state index < -0.39 is 40.8 Å². The largest absolute Gasteiger partial charge is 0.343 e. The van der Waals surface area contributed by atoms with E-state index in [1.807, 2.05) is 27.7 Å². The van der Waals surface area contributed by atoms with Crippen LogP contribution in [-0.2, 0) is 14.4 Å². The Morgan fingerprint density at radius 2 is 1.47 bits per heavy atom. The van der Waals surface area contributed by atoms with Crippen LogP contribution in [0.4, 0.5) is 11.4 Å². The summed E-state index contributed by atoms with van der Waals surface area (Å²) in [6.45, 7) is 7.93. The Morgan fingerprint density at radius 1 is 0.917 bits per heavy atom. The summed E-state index contributed by atoms with van der Waals surface area (Å²) < 4.78 is 0. The van der Waals surface area contributed by atoms with E-state index in [-0.39, 0.29) is 42.3 Å². The van der Waals surface area contributed by atoms with Crippen molar-refractivity contribution in [2.24, 2.45) is 23.3 Å². The second kappa shape index (κ2) is 17.9. The fourth-order valence-electron chi connectivity index (χ4n) is 3.20. The van der Waals surface area contributed by atoms with Crippen molar-refractivity contribution < 1.29 is 19.3 Å². The number of amides is 3. The molecule has 0 aliphatic heterocycles. The zero-order valence-electron chi connectivity index (χ0n) is 21.2. The molecule has 3 atom stereocenters. The molecule has 0 aliphatic carbocycles. The summed E-state index contributed by atoms with van der Waals surface area (Å²) in [6.07, 6.45) is 2.00. The van der Waals surface area contributed by atoms with Crippen LogP contribution in [0.1, 0.15) is 53.4 Å². The highest BCUT2D eigenvalue weighted by molar-refractivity contribution is 5.98. The number of hydrogen-bond acceptors (Lipinski definition) is 7. The van der Waals surface area contributed by atoms with Gasteiger partial charge in [0.1, 0.15) is 12.1 Å². The number of rotatable bonds is 14. The number of halogens is 2. The monoisotopic (exact) mass is 550 g/mol. The zero-order valence-corrected chi connectivity index (χ0v) is 22.8.